The fraction of sp³-hybridized carbons (Fsp3) is 0.586. The van der Waals surface area contributed by atoms with E-state index in [2.05, 4.69) is 79.0 Å². The van der Waals surface area contributed by atoms with Gasteiger partial charge in [-0.05, 0) is 47.7 Å². The maximum Gasteiger partial charge on any atom is 0.328 e. The number of rotatable bonds is 17. The average molecular weight is 563 g/mol. The number of esters is 1. The zero-order valence-electron chi connectivity index (χ0n) is 23.6. The molecule has 2 aromatic carbocycles. The van der Waals surface area contributed by atoms with Crippen molar-refractivity contribution in [1.82, 2.24) is 15.1 Å². The summed E-state index contributed by atoms with van der Waals surface area (Å²) in [4.78, 5) is 30.1. The van der Waals surface area contributed by atoms with Crippen molar-refractivity contribution in [2.24, 2.45) is 11.7 Å². The lowest BCUT2D eigenvalue weighted by atomic mass is 9.96. The van der Waals surface area contributed by atoms with Crippen LogP contribution in [0.3, 0.4) is 0 Å². The van der Waals surface area contributed by atoms with E-state index in [1.807, 2.05) is 18.4 Å². The molecule has 0 saturated carbocycles. The van der Waals surface area contributed by atoms with Crippen LogP contribution in [-0.2, 0) is 20.9 Å². The van der Waals surface area contributed by atoms with Gasteiger partial charge in [0.15, 0.2) is 0 Å². The van der Waals surface area contributed by atoms with Crippen LogP contribution in [0.15, 0.2) is 42.5 Å². The van der Waals surface area contributed by atoms with Gasteiger partial charge in [-0.3, -0.25) is 9.69 Å². The van der Waals surface area contributed by atoms with E-state index in [4.69, 9.17) is 10.5 Å². The van der Waals surface area contributed by atoms with Gasteiger partial charge in [-0.15, -0.1) is 0 Å². The highest BCUT2D eigenvalue weighted by molar-refractivity contribution is 7.98. The number of nitrogens with one attached hydrogen (secondary N) is 1. The van der Waals surface area contributed by atoms with E-state index in [-0.39, 0.29) is 24.5 Å². The van der Waals surface area contributed by atoms with Crippen LogP contribution in [0.2, 0.25) is 0 Å². The first kappa shape index (κ1) is 32.4. The van der Waals surface area contributed by atoms with Crippen molar-refractivity contribution in [3.63, 3.8) is 0 Å². The second-order valence-electron chi connectivity index (χ2n) is 10.1. The van der Waals surface area contributed by atoms with Crippen LogP contribution in [-0.4, -0.2) is 91.4 Å². The highest BCUT2D eigenvalue weighted by Crippen LogP contribution is 2.22. The van der Waals surface area contributed by atoms with Crippen LogP contribution in [0.25, 0.3) is 10.8 Å². The molecule has 38 heavy (non-hydrogen) atoms. The maximum atomic E-state index is 13.3. The lowest BCUT2D eigenvalue weighted by Gasteiger charge is -2.37. The molecule has 0 saturated heterocycles. The molecule has 0 fully saturated rings. The molecule has 0 aliphatic rings. The molecule has 1 amide bonds. The summed E-state index contributed by atoms with van der Waals surface area (Å²) in [7, 11) is 3.46. The summed E-state index contributed by atoms with van der Waals surface area (Å²) in [6.45, 7) is 6.65. The standard InChI is InChI=1S/C29H46N4O3S2/c1-6-21(2)27(32(3)17-24(30)20-37)18-33(16-23-12-9-11-22-10-7-8-13-25(22)23)19-28(34)31-26(14-15-38-5)29(35)36-4/h7-13,21,24,26-27,37H,6,14-20,30H2,1-5H3,(H,31,34)/t21-,24+,26-,27+/m0/s1. The van der Waals surface area contributed by atoms with Crippen molar-refractivity contribution in [3.8, 4) is 0 Å². The minimum atomic E-state index is -0.652. The van der Waals surface area contributed by atoms with Crippen molar-refractivity contribution in [1.29, 1.82) is 0 Å². The normalized spacial score (nSPS) is 14.9. The molecule has 0 bridgehead atoms. The summed E-state index contributed by atoms with van der Waals surface area (Å²) in [5, 5.41) is 5.28. The monoisotopic (exact) mass is 562 g/mol. The molecule has 4 atom stereocenters. The fourth-order valence-corrected chi connectivity index (χ4v) is 5.37. The Labute approximate surface area is 238 Å². The summed E-state index contributed by atoms with van der Waals surface area (Å²) in [5.41, 5.74) is 7.41. The Morgan fingerprint density at radius 1 is 1.16 bits per heavy atom. The number of nitrogens with zero attached hydrogens (tertiary/aromatic N) is 2. The molecule has 7 nitrogen and oxygen atoms in total. The molecule has 0 aliphatic heterocycles. The topological polar surface area (TPSA) is 87.9 Å². The van der Waals surface area contributed by atoms with E-state index in [1.165, 1.54) is 23.4 Å². The Balaban J connectivity index is 2.33. The minimum Gasteiger partial charge on any atom is -0.467 e. The SMILES string of the molecule is CC[C@H](C)[C@@H](CN(CC(=O)N[C@@H](CCSC)C(=O)OC)Cc1cccc2ccccc12)N(C)C[C@@H](N)CS. The number of likely N-dealkylation sites (N-methyl/N-ethyl adjacent to an activating group) is 1. The number of thiol groups is 1. The lowest BCUT2D eigenvalue weighted by molar-refractivity contribution is -0.145. The quantitative estimate of drug-likeness (QED) is 0.200. The smallest absolute Gasteiger partial charge is 0.328 e. The van der Waals surface area contributed by atoms with Gasteiger partial charge in [0, 0.05) is 37.5 Å². The van der Waals surface area contributed by atoms with Gasteiger partial charge in [0.25, 0.3) is 0 Å². The van der Waals surface area contributed by atoms with Crippen LogP contribution in [0.5, 0.6) is 0 Å². The molecule has 9 heteroatoms. The maximum absolute atomic E-state index is 13.3. The second kappa shape index (κ2) is 17.0. The van der Waals surface area contributed by atoms with Crippen LogP contribution in [0.4, 0.5) is 0 Å². The van der Waals surface area contributed by atoms with Gasteiger partial charge in [-0.25, -0.2) is 4.79 Å². The van der Waals surface area contributed by atoms with Crippen LogP contribution >= 0.6 is 24.4 Å². The predicted molar refractivity (Wildman–Crippen MR) is 164 cm³/mol. The molecule has 0 heterocycles. The first-order chi connectivity index (χ1) is 18.2. The van der Waals surface area contributed by atoms with Crippen molar-refractivity contribution < 1.29 is 14.3 Å². The number of benzene rings is 2. The van der Waals surface area contributed by atoms with Gasteiger partial charge in [-0.2, -0.15) is 24.4 Å². The number of carbonyl (C=O) groups is 2. The van der Waals surface area contributed by atoms with Crippen molar-refractivity contribution >= 4 is 47.0 Å². The fourth-order valence-electron chi connectivity index (χ4n) is 4.78. The Bertz CT molecular complexity index is 1000. The number of carbonyl (C=O) groups excluding carboxylic acids is 2. The minimum absolute atomic E-state index is 0.0260. The number of hydrogen-bond donors (Lipinski definition) is 3. The first-order valence-electron chi connectivity index (χ1n) is 13.4. The molecule has 3 N–H and O–H groups in total. The molecule has 2 rings (SSSR count). The van der Waals surface area contributed by atoms with Crippen molar-refractivity contribution in [2.75, 3.05) is 51.6 Å². The van der Waals surface area contributed by atoms with Gasteiger partial charge < -0.3 is 20.7 Å². The van der Waals surface area contributed by atoms with Crippen molar-refractivity contribution in [3.05, 3.63) is 48.0 Å². The van der Waals surface area contributed by atoms with E-state index in [0.29, 0.717) is 31.2 Å². The Morgan fingerprint density at radius 2 is 1.87 bits per heavy atom. The van der Waals surface area contributed by atoms with Gasteiger partial charge in [0.2, 0.25) is 5.91 Å². The largest absolute Gasteiger partial charge is 0.467 e. The number of hydrogen-bond acceptors (Lipinski definition) is 8. The van der Waals surface area contributed by atoms with E-state index in [9.17, 15) is 9.59 Å². The van der Waals surface area contributed by atoms with Gasteiger partial charge in [0.1, 0.15) is 6.04 Å². The third-order valence-electron chi connectivity index (χ3n) is 7.14. The molecule has 0 aliphatic carbocycles. The molecule has 0 radical (unpaired) electrons. The number of amides is 1. The number of thioether (sulfide) groups is 1. The molecule has 0 unspecified atom stereocenters. The van der Waals surface area contributed by atoms with E-state index >= 15 is 0 Å². The number of ether oxygens (including phenoxy) is 1. The zero-order valence-corrected chi connectivity index (χ0v) is 25.3. The second-order valence-corrected chi connectivity index (χ2v) is 11.4. The zero-order chi connectivity index (χ0) is 28.1. The van der Waals surface area contributed by atoms with Gasteiger partial charge >= 0.3 is 5.97 Å². The van der Waals surface area contributed by atoms with Gasteiger partial charge in [-0.1, -0.05) is 62.7 Å². The number of fused-ring (bicyclic) bond motifs is 1. The predicted octanol–water partition coefficient (Wildman–Crippen LogP) is 3.66. The van der Waals surface area contributed by atoms with Crippen LogP contribution < -0.4 is 11.1 Å². The number of nitrogens with two attached hydrogens (primary N) is 1. The number of methoxy groups -OCH3 is 1. The Kier molecular flexibility index (Phi) is 14.5. The Morgan fingerprint density at radius 3 is 2.53 bits per heavy atom. The van der Waals surface area contributed by atoms with E-state index in [1.54, 1.807) is 11.8 Å². The molecule has 2 aromatic rings. The molecule has 0 spiro atoms. The summed E-state index contributed by atoms with van der Waals surface area (Å²) in [5.74, 6) is 1.18. The highest BCUT2D eigenvalue weighted by Gasteiger charge is 2.27. The van der Waals surface area contributed by atoms with Gasteiger partial charge in [0.05, 0.1) is 13.7 Å². The summed E-state index contributed by atoms with van der Waals surface area (Å²) < 4.78 is 4.95. The third kappa shape index (κ3) is 10.1. The first-order valence-corrected chi connectivity index (χ1v) is 15.4. The molecular formula is C29H46N4O3S2. The molecule has 0 aromatic heterocycles. The van der Waals surface area contributed by atoms with Crippen LogP contribution in [0, 0.1) is 5.92 Å². The summed E-state index contributed by atoms with van der Waals surface area (Å²) >= 11 is 6.01. The summed E-state index contributed by atoms with van der Waals surface area (Å²) in [6, 6.07) is 14.1. The summed E-state index contributed by atoms with van der Waals surface area (Å²) in [6.07, 6.45) is 3.52. The Hall–Kier alpha value is -1.78. The van der Waals surface area contributed by atoms with E-state index in [0.717, 1.165) is 18.7 Å². The van der Waals surface area contributed by atoms with Crippen molar-refractivity contribution in [2.45, 2.75) is 51.4 Å². The lowest BCUT2D eigenvalue weighted by Crippen LogP contribution is -2.52. The third-order valence-corrected chi connectivity index (χ3v) is 8.25. The average Bonchev–Trinajstić information content (AvgIpc) is 2.92. The van der Waals surface area contributed by atoms with E-state index < -0.39 is 12.0 Å². The molecule has 212 valence electrons. The highest BCUT2D eigenvalue weighted by atomic mass is 32.2. The van der Waals surface area contributed by atoms with Crippen LogP contribution in [0.1, 0.15) is 32.3 Å². The molecular weight excluding hydrogens is 516 g/mol.